The first-order chi connectivity index (χ1) is 15.1. The summed E-state index contributed by atoms with van der Waals surface area (Å²) in [5.74, 6) is 0.731. The number of ether oxygens (including phenoxy) is 1. The summed E-state index contributed by atoms with van der Waals surface area (Å²) in [5.41, 5.74) is 6.40. The minimum atomic E-state index is -0.124. The molecule has 0 bridgehead atoms. The van der Waals surface area contributed by atoms with Crippen LogP contribution in [0.25, 0.3) is 22.0 Å². The molecule has 31 heavy (non-hydrogen) atoms. The molecule has 1 atom stereocenters. The molecule has 0 saturated heterocycles. The monoisotopic (exact) mass is 410 g/mol. The molecule has 1 N–H and O–H groups in total. The predicted molar refractivity (Wildman–Crippen MR) is 119 cm³/mol. The first-order valence-electron chi connectivity index (χ1n) is 10.3. The van der Waals surface area contributed by atoms with Crippen molar-refractivity contribution in [2.75, 3.05) is 6.54 Å². The second-order valence-corrected chi connectivity index (χ2v) is 7.91. The van der Waals surface area contributed by atoms with Crippen LogP contribution in [0.5, 0.6) is 5.75 Å². The van der Waals surface area contributed by atoms with Crippen molar-refractivity contribution in [1.82, 2.24) is 20.3 Å². The number of carbonyl (C=O) groups is 1. The Labute approximate surface area is 180 Å². The Bertz CT molecular complexity index is 1290. The van der Waals surface area contributed by atoms with E-state index < -0.39 is 0 Å². The van der Waals surface area contributed by atoms with Crippen LogP contribution in [0.4, 0.5) is 0 Å². The fourth-order valence-corrected chi connectivity index (χ4v) is 4.08. The zero-order valence-electron chi connectivity index (χ0n) is 17.4. The average Bonchev–Trinajstić information content (AvgIpc) is 3.21. The van der Waals surface area contributed by atoms with E-state index in [2.05, 4.69) is 26.3 Å². The summed E-state index contributed by atoms with van der Waals surface area (Å²) in [6.45, 7) is 4.34. The second-order valence-electron chi connectivity index (χ2n) is 7.91. The minimum Gasteiger partial charge on any atom is -0.487 e. The van der Waals surface area contributed by atoms with Gasteiger partial charge in [-0.05, 0) is 37.6 Å². The van der Waals surface area contributed by atoms with Crippen LogP contribution in [0.3, 0.4) is 0 Å². The van der Waals surface area contributed by atoms with E-state index in [0.29, 0.717) is 12.1 Å². The Morgan fingerprint density at radius 3 is 2.81 bits per heavy atom. The molecule has 5 rings (SSSR count). The Balaban J connectivity index is 1.34. The van der Waals surface area contributed by atoms with Crippen molar-refractivity contribution in [1.29, 1.82) is 0 Å². The zero-order valence-corrected chi connectivity index (χ0v) is 17.4. The molecule has 4 aromatic rings. The van der Waals surface area contributed by atoms with Gasteiger partial charge in [0.25, 0.3) is 5.91 Å². The standard InChI is InChI=1S/C25H22N4O2/c1-15-6-7-23-21(8-15)22(9-16(2)29-23)25(30)28-13-19-10-17-4-3-5-20(24(17)31-19)18-11-26-14-27-12-18/h3-9,11-12,14,19H,10,13H2,1-2H3,(H,28,30)/t19-/m1/s1. The van der Waals surface area contributed by atoms with E-state index in [1.807, 2.05) is 50.2 Å². The number of carbonyl (C=O) groups excluding carboxylic acids is 1. The maximum atomic E-state index is 13.0. The summed E-state index contributed by atoms with van der Waals surface area (Å²) in [6.07, 6.45) is 5.69. The van der Waals surface area contributed by atoms with Crippen molar-refractivity contribution in [2.45, 2.75) is 26.4 Å². The van der Waals surface area contributed by atoms with E-state index >= 15 is 0 Å². The van der Waals surface area contributed by atoms with Crippen LogP contribution in [0.2, 0.25) is 0 Å². The van der Waals surface area contributed by atoms with Gasteiger partial charge in [-0.25, -0.2) is 9.97 Å². The molecule has 1 aliphatic heterocycles. The van der Waals surface area contributed by atoms with Crippen LogP contribution in [-0.2, 0) is 6.42 Å². The van der Waals surface area contributed by atoms with Crippen molar-refractivity contribution < 1.29 is 9.53 Å². The molecule has 0 fully saturated rings. The first kappa shape index (κ1) is 19.2. The topological polar surface area (TPSA) is 77.0 Å². The highest BCUT2D eigenvalue weighted by atomic mass is 16.5. The van der Waals surface area contributed by atoms with E-state index in [4.69, 9.17) is 4.74 Å². The van der Waals surface area contributed by atoms with Gasteiger partial charge in [-0.2, -0.15) is 0 Å². The molecule has 1 amide bonds. The highest BCUT2D eigenvalue weighted by molar-refractivity contribution is 6.06. The van der Waals surface area contributed by atoms with Crippen molar-refractivity contribution in [3.05, 3.63) is 83.6 Å². The summed E-state index contributed by atoms with van der Waals surface area (Å²) in [7, 11) is 0. The van der Waals surface area contributed by atoms with Crippen LogP contribution in [-0.4, -0.2) is 33.5 Å². The predicted octanol–water partition coefficient (Wildman–Crippen LogP) is 4.04. The van der Waals surface area contributed by atoms with Gasteiger partial charge in [-0.3, -0.25) is 9.78 Å². The molecule has 0 unspecified atom stereocenters. The average molecular weight is 410 g/mol. The highest BCUT2D eigenvalue weighted by Crippen LogP contribution is 2.38. The van der Waals surface area contributed by atoms with Gasteiger partial charge in [0.1, 0.15) is 18.2 Å². The Hall–Kier alpha value is -3.80. The molecule has 154 valence electrons. The van der Waals surface area contributed by atoms with Crippen molar-refractivity contribution in [2.24, 2.45) is 0 Å². The van der Waals surface area contributed by atoms with Gasteiger partial charge in [-0.1, -0.05) is 29.8 Å². The van der Waals surface area contributed by atoms with Crippen LogP contribution >= 0.6 is 0 Å². The fourth-order valence-electron chi connectivity index (χ4n) is 4.08. The number of hydrogen-bond donors (Lipinski definition) is 1. The van der Waals surface area contributed by atoms with Gasteiger partial charge in [0.15, 0.2) is 0 Å². The quantitative estimate of drug-likeness (QED) is 0.549. The largest absolute Gasteiger partial charge is 0.487 e. The first-order valence-corrected chi connectivity index (χ1v) is 10.3. The van der Waals surface area contributed by atoms with Crippen LogP contribution < -0.4 is 10.1 Å². The summed E-state index contributed by atoms with van der Waals surface area (Å²) < 4.78 is 6.23. The third-order valence-electron chi connectivity index (χ3n) is 5.53. The molecule has 3 heterocycles. The van der Waals surface area contributed by atoms with E-state index in [-0.39, 0.29) is 12.0 Å². The number of aromatic nitrogens is 3. The van der Waals surface area contributed by atoms with Gasteiger partial charge in [0.05, 0.1) is 17.6 Å². The normalized spacial score (nSPS) is 14.8. The van der Waals surface area contributed by atoms with E-state index in [9.17, 15) is 4.79 Å². The third-order valence-corrected chi connectivity index (χ3v) is 5.53. The molecule has 1 aliphatic rings. The molecule has 0 aliphatic carbocycles. The summed E-state index contributed by atoms with van der Waals surface area (Å²) in [6, 6.07) is 13.9. The van der Waals surface area contributed by atoms with Gasteiger partial charge in [0.2, 0.25) is 0 Å². The second kappa shape index (κ2) is 7.80. The molecule has 6 nitrogen and oxygen atoms in total. The van der Waals surface area contributed by atoms with Crippen LogP contribution in [0, 0.1) is 13.8 Å². The Morgan fingerprint density at radius 1 is 1.13 bits per heavy atom. The Morgan fingerprint density at radius 2 is 1.97 bits per heavy atom. The van der Waals surface area contributed by atoms with E-state index in [0.717, 1.165) is 51.0 Å². The SMILES string of the molecule is Cc1ccc2nc(C)cc(C(=O)NC[C@H]3Cc4cccc(-c5cncnc5)c4O3)c2c1. The van der Waals surface area contributed by atoms with E-state index in [1.54, 1.807) is 12.4 Å². The maximum Gasteiger partial charge on any atom is 0.252 e. The number of benzene rings is 2. The summed E-state index contributed by atoms with van der Waals surface area (Å²) in [5, 5.41) is 3.92. The Kier molecular flexibility index (Phi) is 4.82. The molecule has 0 saturated carbocycles. The number of para-hydroxylation sites is 1. The van der Waals surface area contributed by atoms with Crippen molar-refractivity contribution >= 4 is 16.8 Å². The minimum absolute atomic E-state index is 0.114. The van der Waals surface area contributed by atoms with E-state index in [1.165, 1.54) is 6.33 Å². The lowest BCUT2D eigenvalue weighted by Gasteiger charge is -2.14. The fraction of sp³-hybridized carbons (Fsp3) is 0.200. The summed E-state index contributed by atoms with van der Waals surface area (Å²) >= 11 is 0. The number of pyridine rings is 1. The van der Waals surface area contributed by atoms with Crippen molar-refractivity contribution in [3.63, 3.8) is 0 Å². The van der Waals surface area contributed by atoms with Gasteiger partial charge in [-0.15, -0.1) is 0 Å². The van der Waals surface area contributed by atoms with Crippen LogP contribution in [0.15, 0.2) is 61.2 Å². The van der Waals surface area contributed by atoms with Crippen LogP contribution in [0.1, 0.15) is 27.2 Å². The molecule has 6 heteroatoms. The number of nitrogens with zero attached hydrogens (tertiary/aromatic N) is 3. The lowest BCUT2D eigenvalue weighted by Crippen LogP contribution is -2.34. The molecule has 0 spiro atoms. The number of rotatable bonds is 4. The molecular weight excluding hydrogens is 388 g/mol. The van der Waals surface area contributed by atoms with Gasteiger partial charge < -0.3 is 10.1 Å². The maximum absolute atomic E-state index is 13.0. The highest BCUT2D eigenvalue weighted by Gasteiger charge is 2.26. The smallest absolute Gasteiger partial charge is 0.252 e. The number of aryl methyl sites for hydroxylation is 2. The summed E-state index contributed by atoms with van der Waals surface area (Å²) in [4.78, 5) is 25.8. The number of fused-ring (bicyclic) bond motifs is 2. The lowest BCUT2D eigenvalue weighted by atomic mass is 10.0. The van der Waals surface area contributed by atoms with Crippen molar-refractivity contribution in [3.8, 4) is 16.9 Å². The number of amides is 1. The van der Waals surface area contributed by atoms with Gasteiger partial charge in [0, 0.05) is 41.0 Å². The lowest BCUT2D eigenvalue weighted by molar-refractivity contribution is 0.0935. The number of hydrogen-bond acceptors (Lipinski definition) is 5. The molecule has 2 aromatic heterocycles. The zero-order chi connectivity index (χ0) is 21.4. The molecule has 2 aromatic carbocycles. The molecular formula is C25H22N4O2. The molecule has 0 radical (unpaired) electrons. The number of nitrogens with one attached hydrogen (secondary N) is 1. The van der Waals surface area contributed by atoms with Gasteiger partial charge >= 0.3 is 0 Å². The third kappa shape index (κ3) is 3.72.